The Hall–Kier alpha value is -1.43. The molecule has 1 atom stereocenters. The molecule has 5 nitrogen and oxygen atoms in total. The van der Waals surface area contributed by atoms with Crippen LogP contribution in [0.1, 0.15) is 36.0 Å². The van der Waals surface area contributed by atoms with Crippen molar-refractivity contribution in [1.82, 2.24) is 15.2 Å². The van der Waals surface area contributed by atoms with Crippen molar-refractivity contribution in [2.75, 3.05) is 6.54 Å². The predicted octanol–water partition coefficient (Wildman–Crippen LogP) is 1.73. The molecule has 0 spiro atoms. The smallest absolute Gasteiger partial charge is 0.257 e. The van der Waals surface area contributed by atoms with E-state index in [0.29, 0.717) is 22.8 Å². The van der Waals surface area contributed by atoms with E-state index in [1.807, 2.05) is 0 Å². The first-order chi connectivity index (χ1) is 9.66. The number of hydrogen-bond acceptors (Lipinski definition) is 3. The summed E-state index contributed by atoms with van der Waals surface area (Å²) in [5.74, 6) is -0.142. The summed E-state index contributed by atoms with van der Waals surface area (Å²) < 4.78 is 0.526. The minimum atomic E-state index is -0.338. The lowest BCUT2D eigenvalue weighted by molar-refractivity contribution is -0.125. The molecule has 0 aromatic carbocycles. The van der Waals surface area contributed by atoms with Gasteiger partial charge in [0.05, 0.1) is 5.56 Å². The second-order valence-electron chi connectivity index (χ2n) is 5.28. The highest BCUT2D eigenvalue weighted by Gasteiger charge is 2.37. The maximum atomic E-state index is 12.6. The predicted molar refractivity (Wildman–Crippen MR) is 77.2 cm³/mol. The molecular weight excluding hydrogens is 322 g/mol. The van der Waals surface area contributed by atoms with E-state index in [1.54, 1.807) is 23.2 Å². The van der Waals surface area contributed by atoms with E-state index < -0.39 is 0 Å². The fourth-order valence-electron chi connectivity index (χ4n) is 2.51. The number of likely N-dealkylation sites (tertiary alicyclic amines) is 1. The van der Waals surface area contributed by atoms with Crippen LogP contribution in [0.4, 0.5) is 0 Å². The van der Waals surface area contributed by atoms with E-state index in [4.69, 9.17) is 0 Å². The molecule has 106 valence electrons. The van der Waals surface area contributed by atoms with Gasteiger partial charge in [-0.15, -0.1) is 0 Å². The standard InChI is InChI=1S/C14H16BrN3O2/c15-12-10(3-1-7-16-12)14(20)18-8-2-4-11(18)13(19)17-9-5-6-9/h1,3,7,9,11H,2,4-6,8H2,(H,17,19). The minimum Gasteiger partial charge on any atom is -0.352 e. The number of nitrogens with zero attached hydrogens (tertiary/aromatic N) is 2. The molecule has 20 heavy (non-hydrogen) atoms. The van der Waals surface area contributed by atoms with Crippen molar-refractivity contribution < 1.29 is 9.59 Å². The Bertz CT molecular complexity index is 545. The Kier molecular flexibility index (Phi) is 3.74. The quantitative estimate of drug-likeness (QED) is 0.854. The molecule has 1 unspecified atom stereocenters. The summed E-state index contributed by atoms with van der Waals surface area (Å²) in [5, 5.41) is 2.99. The molecule has 6 heteroatoms. The molecule has 1 aliphatic heterocycles. The van der Waals surface area contributed by atoms with Crippen LogP contribution in [0.5, 0.6) is 0 Å². The minimum absolute atomic E-state index is 0.0154. The Morgan fingerprint density at radius 3 is 2.85 bits per heavy atom. The van der Waals surface area contributed by atoms with E-state index in [-0.39, 0.29) is 17.9 Å². The third kappa shape index (κ3) is 2.70. The second kappa shape index (κ2) is 5.52. The van der Waals surface area contributed by atoms with Gasteiger partial charge >= 0.3 is 0 Å². The summed E-state index contributed by atoms with van der Waals surface area (Å²) in [6, 6.07) is 3.45. The first-order valence-electron chi connectivity index (χ1n) is 6.88. The normalized spacial score (nSPS) is 21.9. The fourth-order valence-corrected chi connectivity index (χ4v) is 2.93. The van der Waals surface area contributed by atoms with Gasteiger partial charge < -0.3 is 10.2 Å². The molecular formula is C14H16BrN3O2. The molecule has 0 radical (unpaired) electrons. The van der Waals surface area contributed by atoms with E-state index in [2.05, 4.69) is 26.2 Å². The Morgan fingerprint density at radius 1 is 1.35 bits per heavy atom. The molecule has 2 heterocycles. The number of aromatic nitrogens is 1. The highest BCUT2D eigenvalue weighted by Crippen LogP contribution is 2.25. The number of carbonyl (C=O) groups is 2. The SMILES string of the molecule is O=C(NC1CC1)C1CCCN1C(=O)c1cccnc1Br. The van der Waals surface area contributed by atoms with Crippen LogP contribution in [0.3, 0.4) is 0 Å². The van der Waals surface area contributed by atoms with E-state index in [1.165, 1.54) is 0 Å². The Morgan fingerprint density at radius 2 is 2.15 bits per heavy atom. The van der Waals surface area contributed by atoms with Crippen molar-refractivity contribution in [3.05, 3.63) is 28.5 Å². The molecule has 1 N–H and O–H groups in total. The van der Waals surface area contributed by atoms with E-state index >= 15 is 0 Å². The highest BCUT2D eigenvalue weighted by molar-refractivity contribution is 9.10. The van der Waals surface area contributed by atoms with Crippen molar-refractivity contribution in [2.24, 2.45) is 0 Å². The van der Waals surface area contributed by atoms with Crippen molar-refractivity contribution in [3.63, 3.8) is 0 Å². The van der Waals surface area contributed by atoms with Gasteiger partial charge in [0, 0.05) is 18.8 Å². The largest absolute Gasteiger partial charge is 0.352 e. The molecule has 2 amide bonds. The summed E-state index contributed by atoms with van der Waals surface area (Å²) in [5.41, 5.74) is 0.513. The first kappa shape index (κ1) is 13.5. The van der Waals surface area contributed by atoms with E-state index in [0.717, 1.165) is 25.7 Å². The molecule has 1 aromatic rings. The molecule has 2 aliphatic rings. The van der Waals surface area contributed by atoms with Crippen molar-refractivity contribution in [1.29, 1.82) is 0 Å². The molecule has 1 saturated carbocycles. The molecule has 3 rings (SSSR count). The molecule has 1 aliphatic carbocycles. The summed E-state index contributed by atoms with van der Waals surface area (Å²) in [6.07, 6.45) is 5.35. The zero-order chi connectivity index (χ0) is 14.1. The number of rotatable bonds is 3. The van der Waals surface area contributed by atoms with Crippen molar-refractivity contribution >= 4 is 27.7 Å². The lowest BCUT2D eigenvalue weighted by Gasteiger charge is -2.24. The maximum Gasteiger partial charge on any atom is 0.257 e. The van der Waals surface area contributed by atoms with Gasteiger partial charge in [-0.3, -0.25) is 9.59 Å². The van der Waals surface area contributed by atoms with Crippen LogP contribution in [0.25, 0.3) is 0 Å². The van der Waals surface area contributed by atoms with Crippen LogP contribution in [0.2, 0.25) is 0 Å². The summed E-state index contributed by atoms with van der Waals surface area (Å²) in [4.78, 5) is 30.5. The van der Waals surface area contributed by atoms with Crippen LogP contribution in [0.15, 0.2) is 22.9 Å². The van der Waals surface area contributed by atoms with Gasteiger partial charge in [0.1, 0.15) is 10.6 Å². The number of pyridine rings is 1. The molecule has 0 bridgehead atoms. The van der Waals surface area contributed by atoms with Crippen LogP contribution >= 0.6 is 15.9 Å². The number of halogens is 1. The van der Waals surface area contributed by atoms with Gasteiger partial charge in [-0.1, -0.05) is 0 Å². The Balaban J connectivity index is 1.76. The van der Waals surface area contributed by atoms with Gasteiger partial charge in [0.2, 0.25) is 5.91 Å². The zero-order valence-electron chi connectivity index (χ0n) is 11.0. The van der Waals surface area contributed by atoms with Gasteiger partial charge in [0.25, 0.3) is 5.91 Å². The topological polar surface area (TPSA) is 62.3 Å². The second-order valence-corrected chi connectivity index (χ2v) is 6.03. The third-order valence-corrected chi connectivity index (χ3v) is 4.36. The van der Waals surface area contributed by atoms with Crippen LogP contribution in [-0.4, -0.2) is 40.3 Å². The van der Waals surface area contributed by atoms with Gasteiger partial charge in [-0.2, -0.15) is 0 Å². The van der Waals surface area contributed by atoms with Gasteiger partial charge in [-0.25, -0.2) is 4.98 Å². The molecule has 2 fully saturated rings. The third-order valence-electron chi connectivity index (χ3n) is 3.73. The first-order valence-corrected chi connectivity index (χ1v) is 7.68. The van der Waals surface area contributed by atoms with Crippen LogP contribution in [-0.2, 0) is 4.79 Å². The lowest BCUT2D eigenvalue weighted by atomic mass is 10.2. The number of amides is 2. The maximum absolute atomic E-state index is 12.6. The number of hydrogen-bond donors (Lipinski definition) is 1. The molecule has 1 aromatic heterocycles. The molecule has 1 saturated heterocycles. The van der Waals surface area contributed by atoms with Crippen molar-refractivity contribution in [3.8, 4) is 0 Å². The fraction of sp³-hybridized carbons (Fsp3) is 0.500. The summed E-state index contributed by atoms with van der Waals surface area (Å²) in [7, 11) is 0. The van der Waals surface area contributed by atoms with E-state index in [9.17, 15) is 9.59 Å². The van der Waals surface area contributed by atoms with Crippen molar-refractivity contribution in [2.45, 2.75) is 37.8 Å². The lowest BCUT2D eigenvalue weighted by Crippen LogP contribution is -2.46. The number of carbonyl (C=O) groups excluding carboxylic acids is 2. The summed E-state index contributed by atoms with van der Waals surface area (Å²) >= 11 is 3.29. The zero-order valence-corrected chi connectivity index (χ0v) is 12.6. The van der Waals surface area contributed by atoms with Crippen LogP contribution < -0.4 is 5.32 Å². The number of nitrogens with one attached hydrogen (secondary N) is 1. The average Bonchev–Trinajstić information content (AvgIpc) is 3.11. The average molecular weight is 338 g/mol. The monoisotopic (exact) mass is 337 g/mol. The Labute approximate surface area is 125 Å². The van der Waals surface area contributed by atoms with Gasteiger partial charge in [0.15, 0.2) is 0 Å². The van der Waals surface area contributed by atoms with Crippen LogP contribution in [0, 0.1) is 0 Å². The van der Waals surface area contributed by atoms with Gasteiger partial charge in [-0.05, 0) is 53.7 Å². The summed E-state index contributed by atoms with van der Waals surface area (Å²) in [6.45, 7) is 0.628. The highest BCUT2D eigenvalue weighted by atomic mass is 79.9.